The van der Waals surface area contributed by atoms with Crippen LogP contribution in [0, 0.1) is 0 Å². The van der Waals surface area contributed by atoms with Crippen LogP contribution in [0.15, 0.2) is 30.3 Å². The van der Waals surface area contributed by atoms with Crippen molar-refractivity contribution < 1.29 is 5.11 Å². The summed E-state index contributed by atoms with van der Waals surface area (Å²) in [6, 6.07) is 9.70. The van der Waals surface area contributed by atoms with Crippen molar-refractivity contribution in [2.45, 2.75) is 25.8 Å². The summed E-state index contributed by atoms with van der Waals surface area (Å²) in [6.07, 6.45) is 0. The third-order valence-electron chi connectivity index (χ3n) is 2.64. The molecule has 0 fully saturated rings. The number of benzene rings is 1. The van der Waals surface area contributed by atoms with E-state index >= 15 is 0 Å². The third kappa shape index (κ3) is 3.05. The third-order valence-corrected chi connectivity index (χ3v) is 3.30. The van der Waals surface area contributed by atoms with E-state index in [2.05, 4.69) is 28.5 Å². The molecule has 1 unspecified atom stereocenters. The molecule has 0 saturated heterocycles. The van der Waals surface area contributed by atoms with E-state index < -0.39 is 0 Å². The van der Waals surface area contributed by atoms with E-state index in [0.29, 0.717) is 5.92 Å². The highest BCUT2D eigenvalue weighted by molar-refractivity contribution is 7.09. The average molecular weight is 263 g/mol. The maximum Gasteiger partial charge on any atom is 0.203 e. The van der Waals surface area contributed by atoms with Gasteiger partial charge in [-0.25, -0.2) is 4.98 Å². The van der Waals surface area contributed by atoms with Gasteiger partial charge in [0.25, 0.3) is 0 Å². The molecule has 2 aromatic rings. The summed E-state index contributed by atoms with van der Waals surface area (Å²) in [5.74, 6) is 1.16. The summed E-state index contributed by atoms with van der Waals surface area (Å²) >= 11 is 1.33. The normalized spacial score (nSPS) is 12.7. The first-order valence-corrected chi connectivity index (χ1v) is 6.74. The minimum absolute atomic E-state index is 0.0284. The van der Waals surface area contributed by atoms with E-state index in [1.165, 1.54) is 11.5 Å². The second kappa shape index (κ2) is 5.93. The van der Waals surface area contributed by atoms with Gasteiger partial charge in [0.05, 0.1) is 12.6 Å². The predicted molar refractivity (Wildman–Crippen MR) is 73.9 cm³/mol. The van der Waals surface area contributed by atoms with E-state index in [1.807, 2.05) is 30.3 Å². The number of anilines is 1. The fourth-order valence-corrected chi connectivity index (χ4v) is 2.36. The van der Waals surface area contributed by atoms with Crippen LogP contribution in [0.4, 0.5) is 5.13 Å². The SMILES string of the molecule is CC(C)c1nsc(NC(CO)c2ccccc2)n1. The Kier molecular flexibility index (Phi) is 4.28. The van der Waals surface area contributed by atoms with Crippen LogP contribution < -0.4 is 5.32 Å². The van der Waals surface area contributed by atoms with Crippen LogP contribution in [0.5, 0.6) is 0 Å². The molecule has 0 saturated carbocycles. The number of aliphatic hydroxyl groups is 1. The molecule has 2 N–H and O–H groups in total. The molecule has 18 heavy (non-hydrogen) atoms. The molecule has 0 aliphatic carbocycles. The first kappa shape index (κ1) is 13.0. The Morgan fingerprint density at radius 1 is 1.28 bits per heavy atom. The summed E-state index contributed by atoms with van der Waals surface area (Å²) in [5, 5.41) is 13.4. The zero-order chi connectivity index (χ0) is 13.0. The molecular weight excluding hydrogens is 246 g/mol. The number of nitrogens with zero attached hydrogens (tertiary/aromatic N) is 2. The fourth-order valence-electron chi connectivity index (χ4n) is 1.60. The minimum Gasteiger partial charge on any atom is -0.394 e. The van der Waals surface area contributed by atoms with Crippen molar-refractivity contribution in [3.63, 3.8) is 0 Å². The van der Waals surface area contributed by atoms with Gasteiger partial charge in [-0.1, -0.05) is 44.2 Å². The lowest BCUT2D eigenvalue weighted by Gasteiger charge is -2.15. The standard InChI is InChI=1S/C13H17N3OS/c1-9(2)12-15-13(18-16-12)14-11(8-17)10-6-4-3-5-7-10/h3-7,9,11,17H,8H2,1-2H3,(H,14,15,16). The van der Waals surface area contributed by atoms with Gasteiger partial charge in [0.15, 0.2) is 0 Å². The van der Waals surface area contributed by atoms with E-state index in [4.69, 9.17) is 0 Å². The molecule has 1 aromatic heterocycles. The fraction of sp³-hybridized carbons (Fsp3) is 0.385. The molecule has 96 valence electrons. The molecule has 1 aromatic carbocycles. The van der Waals surface area contributed by atoms with E-state index in [9.17, 15) is 5.11 Å². The second-order valence-corrected chi connectivity index (χ2v) is 5.15. The van der Waals surface area contributed by atoms with Crippen LogP contribution in [-0.2, 0) is 0 Å². The molecule has 0 radical (unpaired) electrons. The highest BCUT2D eigenvalue weighted by Gasteiger charge is 2.13. The van der Waals surface area contributed by atoms with Crippen LogP contribution in [-0.4, -0.2) is 21.1 Å². The van der Waals surface area contributed by atoms with Gasteiger partial charge in [-0.3, -0.25) is 0 Å². The lowest BCUT2D eigenvalue weighted by molar-refractivity contribution is 0.276. The Labute approximate surface area is 111 Å². The largest absolute Gasteiger partial charge is 0.394 e. The number of aromatic nitrogens is 2. The Balaban J connectivity index is 2.10. The van der Waals surface area contributed by atoms with Crippen molar-refractivity contribution in [1.82, 2.24) is 9.36 Å². The van der Waals surface area contributed by atoms with Crippen LogP contribution in [0.25, 0.3) is 0 Å². The summed E-state index contributed by atoms with van der Waals surface area (Å²) in [7, 11) is 0. The van der Waals surface area contributed by atoms with Gasteiger partial charge >= 0.3 is 0 Å². The lowest BCUT2D eigenvalue weighted by Crippen LogP contribution is -2.14. The summed E-state index contributed by atoms with van der Waals surface area (Å²) in [5.41, 5.74) is 1.04. The average Bonchev–Trinajstić information content (AvgIpc) is 2.86. The Bertz CT molecular complexity index is 484. The number of rotatable bonds is 5. The molecule has 0 spiro atoms. The van der Waals surface area contributed by atoms with Gasteiger partial charge in [0.1, 0.15) is 5.82 Å². The van der Waals surface area contributed by atoms with Crippen molar-refractivity contribution in [2.24, 2.45) is 0 Å². The Morgan fingerprint density at radius 2 is 2.00 bits per heavy atom. The molecule has 5 heteroatoms. The maximum absolute atomic E-state index is 9.45. The number of aliphatic hydroxyl groups excluding tert-OH is 1. The number of nitrogens with one attached hydrogen (secondary N) is 1. The first-order chi connectivity index (χ1) is 8.70. The molecule has 1 atom stereocenters. The number of hydrogen-bond donors (Lipinski definition) is 2. The quantitative estimate of drug-likeness (QED) is 0.871. The molecule has 0 aliphatic heterocycles. The number of hydrogen-bond acceptors (Lipinski definition) is 5. The van der Waals surface area contributed by atoms with Gasteiger partial charge in [-0.15, -0.1) is 0 Å². The van der Waals surface area contributed by atoms with Crippen LogP contribution >= 0.6 is 11.5 Å². The van der Waals surface area contributed by atoms with Crippen molar-refractivity contribution in [2.75, 3.05) is 11.9 Å². The van der Waals surface area contributed by atoms with Gasteiger partial charge in [-0.05, 0) is 5.56 Å². The predicted octanol–water partition coefficient (Wildman–Crippen LogP) is 2.81. The smallest absolute Gasteiger partial charge is 0.203 e. The van der Waals surface area contributed by atoms with Gasteiger partial charge < -0.3 is 10.4 Å². The highest BCUT2D eigenvalue weighted by atomic mass is 32.1. The molecule has 2 rings (SSSR count). The molecule has 0 amide bonds. The Morgan fingerprint density at radius 3 is 2.56 bits per heavy atom. The Hall–Kier alpha value is -1.46. The summed E-state index contributed by atoms with van der Waals surface area (Å²) in [6.45, 7) is 4.15. The zero-order valence-corrected chi connectivity index (χ0v) is 11.3. The topological polar surface area (TPSA) is 58.0 Å². The zero-order valence-electron chi connectivity index (χ0n) is 10.5. The van der Waals surface area contributed by atoms with Crippen molar-refractivity contribution in [1.29, 1.82) is 0 Å². The highest BCUT2D eigenvalue weighted by Crippen LogP contribution is 2.22. The van der Waals surface area contributed by atoms with Crippen molar-refractivity contribution in [3.05, 3.63) is 41.7 Å². The van der Waals surface area contributed by atoms with Crippen LogP contribution in [0.2, 0.25) is 0 Å². The molecule has 4 nitrogen and oxygen atoms in total. The lowest BCUT2D eigenvalue weighted by atomic mass is 10.1. The summed E-state index contributed by atoms with van der Waals surface area (Å²) in [4.78, 5) is 4.41. The maximum atomic E-state index is 9.45. The van der Waals surface area contributed by atoms with Crippen molar-refractivity contribution >= 4 is 16.7 Å². The molecule has 0 bridgehead atoms. The van der Waals surface area contributed by atoms with Gasteiger partial charge in [0, 0.05) is 17.5 Å². The summed E-state index contributed by atoms with van der Waals surface area (Å²) < 4.78 is 4.28. The van der Waals surface area contributed by atoms with Crippen LogP contribution in [0.3, 0.4) is 0 Å². The van der Waals surface area contributed by atoms with Gasteiger partial charge in [-0.2, -0.15) is 4.37 Å². The minimum atomic E-state index is -0.140. The molecule has 0 aliphatic rings. The second-order valence-electron chi connectivity index (χ2n) is 4.40. The van der Waals surface area contributed by atoms with E-state index in [0.717, 1.165) is 16.5 Å². The first-order valence-electron chi connectivity index (χ1n) is 5.96. The monoisotopic (exact) mass is 263 g/mol. The van der Waals surface area contributed by atoms with E-state index in [-0.39, 0.29) is 12.6 Å². The van der Waals surface area contributed by atoms with E-state index in [1.54, 1.807) is 0 Å². The van der Waals surface area contributed by atoms with Crippen LogP contribution in [0.1, 0.15) is 37.2 Å². The molecule has 1 heterocycles. The van der Waals surface area contributed by atoms with Crippen molar-refractivity contribution in [3.8, 4) is 0 Å². The van der Waals surface area contributed by atoms with Gasteiger partial charge in [0.2, 0.25) is 5.13 Å². The molecular formula is C13H17N3OS.